The molecule has 0 bridgehead atoms. The Labute approximate surface area is 210 Å². The lowest BCUT2D eigenvalue weighted by atomic mass is 10.0. The minimum Gasteiger partial charge on any atom is -0.352 e. The highest BCUT2D eigenvalue weighted by Crippen LogP contribution is 2.57. The van der Waals surface area contributed by atoms with E-state index in [0.717, 1.165) is 4.57 Å². The number of aromatic amines is 1. The molecule has 0 aliphatic carbocycles. The Morgan fingerprint density at radius 2 is 1.79 bits per heavy atom. The van der Waals surface area contributed by atoms with Crippen LogP contribution in [-0.2, 0) is 28.4 Å². The van der Waals surface area contributed by atoms with E-state index in [1.807, 2.05) is 0 Å². The number of phosphoric ester groups is 1. The Hall–Kier alpha value is -2.75. The predicted octanol–water partition coefficient (Wildman–Crippen LogP) is 2.79. The summed E-state index contributed by atoms with van der Waals surface area (Å²) in [5.41, 5.74) is -3.78. The molecule has 4 rings (SSSR count). The summed E-state index contributed by atoms with van der Waals surface area (Å²) in [7, 11) is -10.4. The molecule has 2 aliphatic rings. The molecule has 0 saturated carbocycles. The van der Waals surface area contributed by atoms with E-state index in [2.05, 4.69) is 24.0 Å². The smallest absolute Gasteiger partial charge is 0.352 e. The first-order valence-corrected chi connectivity index (χ1v) is 13.7. The highest BCUT2D eigenvalue weighted by atomic mass is 31.3. The molecule has 4 N–H and O–H groups in total. The number of phosphoric acid groups is 2. The molecule has 0 amide bonds. The maximum atomic E-state index is 13.1. The lowest BCUT2D eigenvalue weighted by Gasteiger charge is -2.17. The Bertz CT molecular complexity index is 1480. The standard InChI is InChI=1S/C19H19F3N4O10P2/c20-19(21,22)18(24-25-18)13-5-2-11(3-6-13)1-4-12-9-26(17(28)23-16(12)27)15-8-7-14(35-15)10-34-38(32,33)36-37(29,30)31/h1-6,9,14-15H,7-8,10H2,(H,32,33)(H,23,27,28)(H2,29,30,31)/b4-1+/t14-,15+/m0/s1. The molecule has 2 aromatic rings. The van der Waals surface area contributed by atoms with Crippen molar-refractivity contribution in [2.75, 3.05) is 6.61 Å². The Kier molecular flexibility index (Phi) is 7.51. The summed E-state index contributed by atoms with van der Waals surface area (Å²) in [6, 6.07) is 5.19. The first-order valence-electron chi connectivity index (χ1n) is 10.6. The van der Waals surface area contributed by atoms with Crippen molar-refractivity contribution in [1.29, 1.82) is 0 Å². The summed E-state index contributed by atoms with van der Waals surface area (Å²) < 4.78 is 76.6. The first kappa shape index (κ1) is 28.3. The second kappa shape index (κ2) is 10.1. The van der Waals surface area contributed by atoms with Gasteiger partial charge in [0.05, 0.1) is 18.3 Å². The van der Waals surface area contributed by atoms with E-state index < -0.39 is 57.7 Å². The topological polar surface area (TPSA) is 202 Å². The third kappa shape index (κ3) is 6.45. The number of nitrogens with one attached hydrogen (secondary N) is 1. The van der Waals surface area contributed by atoms with Gasteiger partial charge >= 0.3 is 33.2 Å². The van der Waals surface area contributed by atoms with Crippen molar-refractivity contribution >= 4 is 27.8 Å². The number of aromatic nitrogens is 2. The van der Waals surface area contributed by atoms with Gasteiger partial charge in [-0.15, -0.1) is 10.2 Å². The molecular formula is C19H19F3N4O10P2. The fourth-order valence-electron chi connectivity index (χ4n) is 3.64. The van der Waals surface area contributed by atoms with Gasteiger partial charge in [0.1, 0.15) is 6.23 Å². The highest BCUT2D eigenvalue weighted by molar-refractivity contribution is 7.60. The summed E-state index contributed by atoms with van der Waals surface area (Å²) in [5, 5.41) is 6.26. The second-order valence-corrected chi connectivity index (χ2v) is 11.0. The lowest BCUT2D eigenvalue weighted by Crippen LogP contribution is -2.33. The molecule has 3 atom stereocenters. The Morgan fingerprint density at radius 3 is 2.37 bits per heavy atom. The maximum absolute atomic E-state index is 13.1. The zero-order valence-corrected chi connectivity index (χ0v) is 20.7. The molecule has 38 heavy (non-hydrogen) atoms. The predicted molar refractivity (Wildman–Crippen MR) is 121 cm³/mol. The van der Waals surface area contributed by atoms with Crippen LogP contribution < -0.4 is 11.2 Å². The van der Waals surface area contributed by atoms with E-state index in [0.29, 0.717) is 5.56 Å². The fourth-order valence-corrected chi connectivity index (χ4v) is 5.26. The summed E-state index contributed by atoms with van der Waals surface area (Å²) in [6.07, 6.45) is -1.99. The molecule has 0 spiro atoms. The molecule has 206 valence electrons. The number of halogens is 3. The third-order valence-electron chi connectivity index (χ3n) is 5.49. The average Bonchev–Trinajstić information content (AvgIpc) is 3.49. The van der Waals surface area contributed by atoms with Gasteiger partial charge in [0, 0.05) is 11.8 Å². The second-order valence-electron chi connectivity index (χ2n) is 8.20. The molecule has 1 unspecified atom stereocenters. The molecular weight excluding hydrogens is 563 g/mol. The number of hydrogen-bond donors (Lipinski definition) is 4. The summed E-state index contributed by atoms with van der Waals surface area (Å²) in [4.78, 5) is 53.3. The molecule has 0 radical (unpaired) electrons. The van der Waals surface area contributed by atoms with Crippen LogP contribution >= 0.6 is 15.6 Å². The monoisotopic (exact) mass is 582 g/mol. The minimum absolute atomic E-state index is 0.0193. The number of rotatable bonds is 9. The number of benzene rings is 1. The van der Waals surface area contributed by atoms with Crippen LogP contribution in [0.25, 0.3) is 12.2 Å². The van der Waals surface area contributed by atoms with E-state index >= 15 is 0 Å². The van der Waals surface area contributed by atoms with E-state index in [1.54, 1.807) is 0 Å². The lowest BCUT2D eigenvalue weighted by molar-refractivity contribution is -0.166. The van der Waals surface area contributed by atoms with Gasteiger partial charge in [-0.25, -0.2) is 13.9 Å². The van der Waals surface area contributed by atoms with Crippen molar-refractivity contribution < 1.29 is 50.6 Å². The van der Waals surface area contributed by atoms with Crippen LogP contribution in [0, 0.1) is 0 Å². The van der Waals surface area contributed by atoms with Gasteiger partial charge in [-0.3, -0.25) is 18.9 Å². The van der Waals surface area contributed by atoms with Crippen LogP contribution in [0.2, 0.25) is 0 Å². The molecule has 1 aromatic carbocycles. The third-order valence-corrected chi connectivity index (χ3v) is 7.64. The van der Waals surface area contributed by atoms with Crippen molar-refractivity contribution in [3.63, 3.8) is 0 Å². The maximum Gasteiger partial charge on any atom is 0.481 e. The normalized spacial score (nSPS) is 22.6. The first-order chi connectivity index (χ1) is 17.6. The highest BCUT2D eigenvalue weighted by Gasteiger charge is 2.65. The number of H-pyrrole nitrogens is 1. The minimum atomic E-state index is -5.29. The molecule has 1 fully saturated rings. The summed E-state index contributed by atoms with van der Waals surface area (Å²) in [6.45, 7) is -0.582. The van der Waals surface area contributed by atoms with E-state index in [9.17, 15) is 36.8 Å². The van der Waals surface area contributed by atoms with Gasteiger partial charge in [0.25, 0.3) is 5.56 Å². The quantitative estimate of drug-likeness (QED) is 0.319. The molecule has 2 aliphatic heterocycles. The summed E-state index contributed by atoms with van der Waals surface area (Å²) >= 11 is 0. The number of nitrogens with zero attached hydrogens (tertiary/aromatic N) is 3. The molecule has 19 heteroatoms. The summed E-state index contributed by atoms with van der Waals surface area (Å²) in [5.74, 6) is 0. The van der Waals surface area contributed by atoms with Gasteiger partial charge in [-0.05, 0) is 24.5 Å². The van der Waals surface area contributed by atoms with Crippen molar-refractivity contribution in [3.05, 3.63) is 68.0 Å². The van der Waals surface area contributed by atoms with Crippen molar-refractivity contribution in [2.45, 2.75) is 37.0 Å². The van der Waals surface area contributed by atoms with Crippen molar-refractivity contribution in [3.8, 4) is 0 Å². The SMILES string of the molecule is O=c1[nH]c(=O)n([C@H]2CC[C@@H](COP(=O)(O)OP(=O)(O)O)O2)cc1/C=C/c1ccc(C2(C(F)(F)F)N=N2)cc1. The van der Waals surface area contributed by atoms with Crippen LogP contribution in [0.15, 0.2) is 50.3 Å². The van der Waals surface area contributed by atoms with Crippen LogP contribution in [0.4, 0.5) is 13.2 Å². The van der Waals surface area contributed by atoms with Gasteiger partial charge in [-0.2, -0.15) is 17.5 Å². The number of ether oxygens (including phenoxy) is 1. The fraction of sp³-hybridized carbons (Fsp3) is 0.368. The molecule has 14 nitrogen and oxygen atoms in total. The van der Waals surface area contributed by atoms with Crippen molar-refractivity contribution in [2.24, 2.45) is 10.2 Å². The van der Waals surface area contributed by atoms with Crippen molar-refractivity contribution in [1.82, 2.24) is 9.55 Å². The van der Waals surface area contributed by atoms with Crippen LogP contribution in [0.1, 0.15) is 35.8 Å². The van der Waals surface area contributed by atoms with E-state index in [-0.39, 0.29) is 24.0 Å². The van der Waals surface area contributed by atoms with Crippen LogP contribution in [0.3, 0.4) is 0 Å². The van der Waals surface area contributed by atoms with E-state index in [1.165, 1.54) is 42.6 Å². The molecule has 1 saturated heterocycles. The van der Waals surface area contributed by atoms with E-state index in [4.69, 9.17) is 14.5 Å². The average molecular weight is 582 g/mol. The zero-order valence-electron chi connectivity index (χ0n) is 18.9. The molecule has 3 heterocycles. The van der Waals surface area contributed by atoms with Gasteiger partial charge < -0.3 is 19.4 Å². The molecule has 1 aromatic heterocycles. The number of alkyl halides is 3. The van der Waals surface area contributed by atoms with Crippen LogP contribution in [-0.4, -0.2) is 43.1 Å². The van der Waals surface area contributed by atoms with Crippen LogP contribution in [0.5, 0.6) is 0 Å². The zero-order chi connectivity index (χ0) is 27.9. The number of hydrogen-bond acceptors (Lipinski definition) is 9. The Morgan fingerprint density at radius 1 is 1.13 bits per heavy atom. The van der Waals surface area contributed by atoms with Gasteiger partial charge in [-0.1, -0.05) is 30.3 Å². The van der Waals surface area contributed by atoms with Gasteiger partial charge in [0.15, 0.2) is 0 Å². The Balaban J connectivity index is 1.43. The largest absolute Gasteiger partial charge is 0.481 e. The van der Waals surface area contributed by atoms with Gasteiger partial charge in [0.2, 0.25) is 0 Å².